The third-order valence-electron chi connectivity index (χ3n) is 6.38. The minimum Gasteiger partial charge on any atom is -0.379 e. The van der Waals surface area contributed by atoms with Crippen molar-refractivity contribution in [3.63, 3.8) is 0 Å². The van der Waals surface area contributed by atoms with Crippen molar-refractivity contribution in [2.45, 2.75) is 37.8 Å². The number of nitrogens with one attached hydrogen (secondary N) is 1. The van der Waals surface area contributed by atoms with E-state index in [-0.39, 0.29) is 23.3 Å². The van der Waals surface area contributed by atoms with Gasteiger partial charge in [-0.1, -0.05) is 42.0 Å². The fraction of sp³-hybridized carbons (Fsp3) is 0.480. The number of ether oxygens (including phenoxy) is 1. The highest BCUT2D eigenvalue weighted by Crippen LogP contribution is 2.24. The summed E-state index contributed by atoms with van der Waals surface area (Å²) in [5.74, 6) is -0.423. The zero-order valence-corrected chi connectivity index (χ0v) is 20.0. The van der Waals surface area contributed by atoms with Crippen molar-refractivity contribution < 1.29 is 17.9 Å². The van der Waals surface area contributed by atoms with Crippen molar-refractivity contribution in [3.05, 3.63) is 65.2 Å². The van der Waals surface area contributed by atoms with Gasteiger partial charge in [0.1, 0.15) is 0 Å². The molecule has 1 atom stereocenters. The van der Waals surface area contributed by atoms with Crippen LogP contribution in [0.25, 0.3) is 0 Å². The molecule has 0 bridgehead atoms. The van der Waals surface area contributed by atoms with Crippen LogP contribution in [0, 0.1) is 12.8 Å². The Balaban J connectivity index is 1.33. The lowest BCUT2D eigenvalue weighted by molar-refractivity contribution is -0.126. The standard InChI is InChI=1S/C25H33N3O4S/c1-20-7-9-24(10-8-20)33(30,31)28-11-3-6-23(19-28)25(29)26-17-21-4-2-5-22(16-21)18-27-12-14-32-15-13-27/h2,4-5,7-10,16,23H,3,6,11-15,17-19H2,1H3,(H,26,29)/t23-/m1/s1. The van der Waals surface area contributed by atoms with Crippen LogP contribution in [0.2, 0.25) is 0 Å². The second-order valence-corrected chi connectivity index (χ2v) is 10.9. The van der Waals surface area contributed by atoms with Gasteiger partial charge in [0.15, 0.2) is 0 Å². The molecule has 2 fully saturated rings. The first-order chi connectivity index (χ1) is 15.9. The van der Waals surface area contributed by atoms with E-state index in [1.54, 1.807) is 24.3 Å². The van der Waals surface area contributed by atoms with Gasteiger partial charge in [0.25, 0.3) is 0 Å². The van der Waals surface area contributed by atoms with Crippen molar-refractivity contribution in [1.29, 1.82) is 0 Å². The Morgan fingerprint density at radius 3 is 2.55 bits per heavy atom. The Morgan fingerprint density at radius 2 is 1.79 bits per heavy atom. The summed E-state index contributed by atoms with van der Waals surface area (Å²) in [4.78, 5) is 15.5. The molecule has 2 saturated heterocycles. The summed E-state index contributed by atoms with van der Waals surface area (Å²) >= 11 is 0. The lowest BCUT2D eigenvalue weighted by Crippen LogP contribution is -2.45. The number of nitrogens with zero attached hydrogens (tertiary/aromatic N) is 2. The van der Waals surface area contributed by atoms with Crippen molar-refractivity contribution in [2.75, 3.05) is 39.4 Å². The number of carbonyl (C=O) groups is 1. The first kappa shape index (κ1) is 23.9. The maximum Gasteiger partial charge on any atom is 0.243 e. The Hall–Kier alpha value is -2.26. The maximum atomic E-state index is 13.0. The second-order valence-electron chi connectivity index (χ2n) is 8.94. The smallest absolute Gasteiger partial charge is 0.243 e. The number of morpholine rings is 1. The van der Waals surface area contributed by atoms with E-state index in [9.17, 15) is 13.2 Å². The van der Waals surface area contributed by atoms with Gasteiger partial charge in [0.2, 0.25) is 15.9 Å². The van der Waals surface area contributed by atoms with Gasteiger partial charge in [0.05, 0.1) is 24.0 Å². The molecule has 1 amide bonds. The highest BCUT2D eigenvalue weighted by atomic mass is 32.2. The van der Waals surface area contributed by atoms with Crippen LogP contribution in [-0.4, -0.2) is 62.9 Å². The van der Waals surface area contributed by atoms with Gasteiger partial charge >= 0.3 is 0 Å². The lowest BCUT2D eigenvalue weighted by atomic mass is 9.98. The van der Waals surface area contributed by atoms with Crippen LogP contribution in [0.3, 0.4) is 0 Å². The predicted molar refractivity (Wildman–Crippen MR) is 127 cm³/mol. The molecule has 0 spiro atoms. The topological polar surface area (TPSA) is 79.0 Å². The summed E-state index contributed by atoms with van der Waals surface area (Å²) in [7, 11) is -3.59. The third-order valence-corrected chi connectivity index (χ3v) is 8.26. The number of benzene rings is 2. The van der Waals surface area contributed by atoms with Crippen LogP contribution < -0.4 is 5.32 Å². The number of amides is 1. The van der Waals surface area contributed by atoms with E-state index in [4.69, 9.17) is 4.74 Å². The van der Waals surface area contributed by atoms with Gasteiger partial charge < -0.3 is 10.1 Å². The predicted octanol–water partition coefficient (Wildman–Crippen LogP) is 2.54. The molecule has 7 nitrogen and oxygen atoms in total. The van der Waals surface area contributed by atoms with Gasteiger partial charge in [-0.3, -0.25) is 9.69 Å². The molecule has 4 rings (SSSR count). The molecule has 2 heterocycles. The molecule has 0 aromatic heterocycles. The number of hydrogen-bond acceptors (Lipinski definition) is 5. The van der Waals surface area contributed by atoms with Crippen LogP contribution in [0.4, 0.5) is 0 Å². The molecular weight excluding hydrogens is 438 g/mol. The molecule has 2 aromatic carbocycles. The zero-order chi connectivity index (χ0) is 23.3. The van der Waals surface area contributed by atoms with E-state index in [2.05, 4.69) is 22.3 Å². The second kappa shape index (κ2) is 10.8. The molecule has 0 unspecified atom stereocenters. The Bertz CT molecular complexity index is 1050. The molecule has 33 heavy (non-hydrogen) atoms. The molecule has 178 valence electrons. The number of sulfonamides is 1. The van der Waals surface area contributed by atoms with Crippen molar-refractivity contribution in [1.82, 2.24) is 14.5 Å². The SMILES string of the molecule is Cc1ccc(S(=O)(=O)N2CCC[C@@H](C(=O)NCc3cccc(CN4CCOCC4)c3)C2)cc1. The summed E-state index contributed by atoms with van der Waals surface area (Å²) < 4.78 is 32.9. The number of hydrogen-bond donors (Lipinski definition) is 1. The average molecular weight is 472 g/mol. The molecule has 2 aliphatic heterocycles. The third kappa shape index (κ3) is 6.20. The van der Waals surface area contributed by atoms with Crippen molar-refractivity contribution in [2.24, 2.45) is 5.92 Å². The molecule has 2 aliphatic rings. The summed E-state index contributed by atoms with van der Waals surface area (Å²) in [5.41, 5.74) is 3.28. The van der Waals surface area contributed by atoms with E-state index in [0.29, 0.717) is 25.9 Å². The fourth-order valence-corrected chi connectivity index (χ4v) is 5.95. The van der Waals surface area contributed by atoms with Gasteiger partial charge in [-0.2, -0.15) is 4.31 Å². The molecule has 0 radical (unpaired) electrons. The first-order valence-corrected chi connectivity index (χ1v) is 13.1. The monoisotopic (exact) mass is 471 g/mol. The summed E-state index contributed by atoms with van der Waals surface area (Å²) in [6.07, 6.45) is 1.38. The summed E-state index contributed by atoms with van der Waals surface area (Å²) in [6, 6.07) is 15.1. The lowest BCUT2D eigenvalue weighted by Gasteiger charge is -2.31. The average Bonchev–Trinajstić information content (AvgIpc) is 2.84. The molecule has 8 heteroatoms. The van der Waals surface area contributed by atoms with Gasteiger partial charge in [0, 0.05) is 39.3 Å². The zero-order valence-electron chi connectivity index (χ0n) is 19.2. The molecular formula is C25H33N3O4S. The van der Waals surface area contributed by atoms with Gasteiger partial charge in [-0.05, 0) is 43.0 Å². The molecule has 0 saturated carbocycles. The van der Waals surface area contributed by atoms with E-state index in [1.807, 2.05) is 19.1 Å². The quantitative estimate of drug-likeness (QED) is 0.672. The van der Waals surface area contributed by atoms with Crippen LogP contribution >= 0.6 is 0 Å². The van der Waals surface area contributed by atoms with Gasteiger partial charge in [-0.15, -0.1) is 0 Å². The summed E-state index contributed by atoms with van der Waals surface area (Å²) in [5, 5.41) is 3.02. The minimum atomic E-state index is -3.59. The van der Waals surface area contributed by atoms with Crippen molar-refractivity contribution >= 4 is 15.9 Å². The first-order valence-electron chi connectivity index (χ1n) is 11.6. The minimum absolute atomic E-state index is 0.0858. The Kier molecular flexibility index (Phi) is 7.80. The number of aryl methyl sites for hydroxylation is 1. The van der Waals surface area contributed by atoms with Crippen LogP contribution in [-0.2, 0) is 32.6 Å². The Morgan fingerprint density at radius 1 is 1.06 bits per heavy atom. The molecule has 2 aromatic rings. The van der Waals surface area contributed by atoms with E-state index < -0.39 is 10.0 Å². The number of piperidine rings is 1. The van der Waals surface area contributed by atoms with Crippen LogP contribution in [0.15, 0.2) is 53.4 Å². The molecule has 0 aliphatic carbocycles. The summed E-state index contributed by atoms with van der Waals surface area (Å²) in [6.45, 7) is 7.33. The van der Waals surface area contributed by atoms with Crippen molar-refractivity contribution in [3.8, 4) is 0 Å². The van der Waals surface area contributed by atoms with Gasteiger partial charge in [-0.25, -0.2) is 8.42 Å². The Labute approximate surface area is 196 Å². The highest BCUT2D eigenvalue weighted by molar-refractivity contribution is 7.89. The largest absolute Gasteiger partial charge is 0.379 e. The van der Waals surface area contributed by atoms with E-state index in [1.165, 1.54) is 9.87 Å². The highest BCUT2D eigenvalue weighted by Gasteiger charge is 2.33. The van der Waals surface area contributed by atoms with Crippen LogP contribution in [0.5, 0.6) is 0 Å². The normalized spacial score (nSPS) is 20.5. The fourth-order valence-electron chi connectivity index (χ4n) is 4.42. The van der Waals surface area contributed by atoms with E-state index >= 15 is 0 Å². The maximum absolute atomic E-state index is 13.0. The molecule has 1 N–H and O–H groups in total. The van der Waals surface area contributed by atoms with Crippen LogP contribution in [0.1, 0.15) is 29.5 Å². The number of rotatable bonds is 7. The van der Waals surface area contributed by atoms with E-state index in [0.717, 1.165) is 44.0 Å². The number of carbonyl (C=O) groups excluding carboxylic acids is 1.